The van der Waals surface area contributed by atoms with E-state index in [1.165, 1.54) is 13.8 Å². The minimum Gasteiger partial charge on any atom is -0.455 e. The number of ether oxygens (including phenoxy) is 7. The highest BCUT2D eigenvalue weighted by atomic mass is 16.7. The van der Waals surface area contributed by atoms with Gasteiger partial charge in [0, 0.05) is 19.8 Å². The normalized spacial score (nSPS) is 53.8. The number of aliphatic hydroxyl groups excluding tert-OH is 6. The molecule has 61 heavy (non-hydrogen) atoms. The van der Waals surface area contributed by atoms with Crippen molar-refractivity contribution in [1.82, 2.24) is 0 Å². The Morgan fingerprint density at radius 1 is 0.754 bits per heavy atom. The van der Waals surface area contributed by atoms with Crippen LogP contribution in [0.2, 0.25) is 0 Å². The summed E-state index contributed by atoms with van der Waals surface area (Å²) in [6.07, 6.45) is -7.80. The number of esters is 2. The highest BCUT2D eigenvalue weighted by Gasteiger charge is 2.85. The van der Waals surface area contributed by atoms with Gasteiger partial charge in [-0.05, 0) is 117 Å². The zero-order valence-corrected chi connectivity index (χ0v) is 37.3. The van der Waals surface area contributed by atoms with Crippen LogP contribution in [0.3, 0.4) is 0 Å². The molecule has 0 amide bonds. The lowest BCUT2D eigenvalue weighted by molar-refractivity contribution is -0.339. The molecule has 2 spiro atoms. The Kier molecular flexibility index (Phi) is 11.5. The van der Waals surface area contributed by atoms with Crippen LogP contribution in [0.5, 0.6) is 0 Å². The Labute approximate surface area is 358 Å². The molecule has 16 nitrogen and oxygen atoms in total. The van der Waals surface area contributed by atoms with E-state index in [0.29, 0.717) is 25.7 Å². The summed E-state index contributed by atoms with van der Waals surface area (Å²) < 4.78 is 43.6. The minimum absolute atomic E-state index is 0.0638. The average Bonchev–Trinajstić information content (AvgIpc) is 3.52. The van der Waals surface area contributed by atoms with Crippen LogP contribution in [0.4, 0.5) is 0 Å². The minimum atomic E-state index is -1.63. The monoisotopic (exact) mass is 868 g/mol. The predicted octanol–water partition coefficient (Wildman–Crippen LogP) is 1.87. The third kappa shape index (κ3) is 6.89. The van der Waals surface area contributed by atoms with Crippen LogP contribution < -0.4 is 0 Å². The van der Waals surface area contributed by atoms with Gasteiger partial charge in [-0.25, -0.2) is 0 Å². The van der Waals surface area contributed by atoms with Crippen molar-refractivity contribution in [3.05, 3.63) is 0 Å². The fourth-order valence-corrected chi connectivity index (χ4v) is 15.5. The summed E-state index contributed by atoms with van der Waals surface area (Å²) >= 11 is 0. The van der Waals surface area contributed by atoms with E-state index in [4.69, 9.17) is 33.2 Å². The van der Waals surface area contributed by atoms with Crippen molar-refractivity contribution >= 4 is 11.9 Å². The second kappa shape index (κ2) is 15.3. The summed E-state index contributed by atoms with van der Waals surface area (Å²) in [7, 11) is 0. The van der Waals surface area contributed by atoms with Crippen molar-refractivity contribution in [3.63, 3.8) is 0 Å². The van der Waals surface area contributed by atoms with E-state index in [1.54, 1.807) is 13.8 Å². The number of hydrogen-bond acceptors (Lipinski definition) is 16. The van der Waals surface area contributed by atoms with Gasteiger partial charge >= 0.3 is 11.9 Å². The van der Waals surface area contributed by atoms with Gasteiger partial charge in [0.2, 0.25) is 0 Å². The summed E-state index contributed by atoms with van der Waals surface area (Å²) in [5, 5.41) is 77.1. The smallest absolute Gasteiger partial charge is 0.303 e. The molecule has 8 fully saturated rings. The number of carbonyl (C=O) groups excluding carboxylic acids is 2. The van der Waals surface area contributed by atoms with E-state index in [1.807, 2.05) is 0 Å². The molecule has 0 aromatic heterocycles. The SMILES string of the molecule is CC(=O)O[C@@H]1[C@@H](OC(C)=O)[C@H](O[C@@H]2CC[C@]34C[C@]35CC[C@]3(C)C([C@@]6(C)CC[C@@H](C(C)(C)O)O6)[C@@H](O)C[C@@]3(C)[C@@H]5C[C@H](O[C@H]3O[C@@H](CO)[C@H](O)[C@@H](O)[C@@H]3O)C4C2(C)C)OC[C@H]1O. The van der Waals surface area contributed by atoms with Gasteiger partial charge in [0.15, 0.2) is 24.8 Å². The second-order valence-corrected chi connectivity index (χ2v) is 22.2. The number of hydrogen-bond donors (Lipinski definition) is 7. The van der Waals surface area contributed by atoms with E-state index in [0.717, 1.165) is 32.1 Å². The van der Waals surface area contributed by atoms with Crippen LogP contribution in [0, 0.1) is 44.8 Å². The Bertz CT molecular complexity index is 1680. The van der Waals surface area contributed by atoms with Crippen molar-refractivity contribution in [1.29, 1.82) is 0 Å². The first-order chi connectivity index (χ1) is 28.3. The van der Waals surface area contributed by atoms with Crippen molar-refractivity contribution in [3.8, 4) is 0 Å². The molecule has 3 saturated heterocycles. The summed E-state index contributed by atoms with van der Waals surface area (Å²) in [6, 6.07) is 0. The molecule has 8 aliphatic rings. The molecule has 8 rings (SSSR count). The molecule has 5 saturated carbocycles. The van der Waals surface area contributed by atoms with Crippen LogP contribution in [0.1, 0.15) is 120 Å². The topological polar surface area (TPSA) is 240 Å². The third-order valence-corrected chi connectivity index (χ3v) is 18.2. The van der Waals surface area contributed by atoms with Gasteiger partial charge in [0.25, 0.3) is 0 Å². The summed E-state index contributed by atoms with van der Waals surface area (Å²) in [5.41, 5.74) is -3.46. The van der Waals surface area contributed by atoms with E-state index in [2.05, 4.69) is 34.6 Å². The van der Waals surface area contributed by atoms with E-state index in [9.17, 15) is 45.3 Å². The van der Waals surface area contributed by atoms with Crippen LogP contribution >= 0.6 is 0 Å². The first kappa shape index (κ1) is 46.0. The predicted molar refractivity (Wildman–Crippen MR) is 213 cm³/mol. The third-order valence-electron chi connectivity index (χ3n) is 18.2. The van der Waals surface area contributed by atoms with Crippen LogP contribution in [0.15, 0.2) is 0 Å². The Hall–Kier alpha value is -1.54. The van der Waals surface area contributed by atoms with E-state index < -0.39 is 109 Å². The summed E-state index contributed by atoms with van der Waals surface area (Å²) in [4.78, 5) is 24.5. The van der Waals surface area contributed by atoms with Crippen molar-refractivity contribution < 1.29 is 78.5 Å². The number of aliphatic hydroxyl groups is 7. The molecule has 0 bridgehead atoms. The maximum Gasteiger partial charge on any atom is 0.303 e. The standard InChI is InChI=1S/C45H72O16/c1-21(47)56-33-24(50)19-55-38(34(33)57-22(2)48)60-28-11-13-45-20-44(45)15-14-41(7)35(43(9)12-10-29(61-43)40(5,6)54)23(49)17-42(41,8)27(44)16-25(36(45)39(28,3)4)58-37-32(53)31(52)30(51)26(18-46)59-37/h23-38,46,49-54H,10-20H2,1-9H3/t23-,24+,25-,26-,27-,28+,29-,30-,31+,32-,33-,34+,35?,36?,37-,38-,41+,42-,43+,44-,45+/m0/s1. The van der Waals surface area contributed by atoms with Gasteiger partial charge in [-0.3, -0.25) is 9.59 Å². The molecule has 3 aliphatic heterocycles. The second-order valence-electron chi connectivity index (χ2n) is 22.2. The Morgan fingerprint density at radius 3 is 2.05 bits per heavy atom. The molecule has 21 atom stereocenters. The summed E-state index contributed by atoms with van der Waals surface area (Å²) in [6.45, 7) is 16.1. The molecule has 0 aromatic rings. The van der Waals surface area contributed by atoms with E-state index >= 15 is 0 Å². The molecule has 3 heterocycles. The number of carbonyl (C=O) groups is 2. The molecular weight excluding hydrogens is 796 g/mol. The van der Waals surface area contributed by atoms with E-state index in [-0.39, 0.29) is 52.1 Å². The number of fused-ring (bicyclic) bond motifs is 2. The molecule has 2 unspecified atom stereocenters. The quantitative estimate of drug-likeness (QED) is 0.129. The lowest BCUT2D eigenvalue weighted by atomic mass is 9.41. The fourth-order valence-electron chi connectivity index (χ4n) is 15.5. The van der Waals surface area contributed by atoms with Gasteiger partial charge < -0.3 is 68.9 Å². The van der Waals surface area contributed by atoms with Gasteiger partial charge in [0.1, 0.15) is 30.5 Å². The summed E-state index contributed by atoms with van der Waals surface area (Å²) in [5.74, 6) is -1.67. The molecule has 348 valence electrons. The number of rotatable bonds is 9. The molecule has 7 N–H and O–H groups in total. The molecule has 0 radical (unpaired) electrons. The Balaban J connectivity index is 1.15. The maximum atomic E-state index is 12.4. The lowest BCUT2D eigenvalue weighted by Gasteiger charge is -2.65. The fraction of sp³-hybridized carbons (Fsp3) is 0.956. The first-order valence-corrected chi connectivity index (χ1v) is 22.6. The van der Waals surface area contributed by atoms with Crippen molar-refractivity contribution in [2.75, 3.05) is 13.2 Å². The van der Waals surface area contributed by atoms with Crippen LogP contribution in [-0.2, 0) is 42.7 Å². The van der Waals surface area contributed by atoms with Gasteiger partial charge in [-0.2, -0.15) is 0 Å². The lowest BCUT2D eigenvalue weighted by Crippen LogP contribution is -2.65. The maximum absolute atomic E-state index is 12.4. The largest absolute Gasteiger partial charge is 0.455 e. The highest BCUT2D eigenvalue weighted by Crippen LogP contribution is 2.89. The Morgan fingerprint density at radius 2 is 1.43 bits per heavy atom. The first-order valence-electron chi connectivity index (χ1n) is 22.6. The molecule has 0 aromatic carbocycles. The van der Waals surface area contributed by atoms with Gasteiger partial charge in [-0.1, -0.05) is 27.7 Å². The van der Waals surface area contributed by atoms with Gasteiger partial charge in [-0.15, -0.1) is 0 Å². The molecular formula is C45H72O16. The highest BCUT2D eigenvalue weighted by molar-refractivity contribution is 5.67. The molecule has 16 heteroatoms. The van der Waals surface area contributed by atoms with Gasteiger partial charge in [0.05, 0.1) is 48.8 Å². The van der Waals surface area contributed by atoms with Crippen molar-refractivity contribution in [2.45, 2.75) is 211 Å². The zero-order valence-electron chi connectivity index (χ0n) is 37.3. The molecule has 5 aliphatic carbocycles. The zero-order chi connectivity index (χ0) is 44.6. The van der Waals surface area contributed by atoms with Crippen molar-refractivity contribution in [2.24, 2.45) is 44.8 Å². The average molecular weight is 869 g/mol. The van der Waals surface area contributed by atoms with Crippen LogP contribution in [0.25, 0.3) is 0 Å². The van der Waals surface area contributed by atoms with Crippen LogP contribution in [-0.4, -0.2) is 152 Å².